The number of benzene rings is 1. The number of hydrogen-bond acceptors (Lipinski definition) is 6. The summed E-state index contributed by atoms with van der Waals surface area (Å²) in [5.41, 5.74) is 2.04. The topological polar surface area (TPSA) is 98.2 Å². The van der Waals surface area contributed by atoms with Gasteiger partial charge in [-0.05, 0) is 42.2 Å². The van der Waals surface area contributed by atoms with E-state index in [0.29, 0.717) is 23.5 Å². The Labute approximate surface area is 138 Å². The van der Waals surface area contributed by atoms with Crippen LogP contribution in [-0.2, 0) is 16.4 Å². The molecular weight excluding hydrogens is 330 g/mol. The van der Waals surface area contributed by atoms with Crippen LogP contribution in [0.4, 0.5) is 6.01 Å². The second kappa shape index (κ2) is 5.64. The number of anilines is 1. The molecule has 0 atom stereocenters. The number of aromatic nitrogens is 2. The maximum atomic E-state index is 12.5. The molecule has 2 heterocycles. The summed E-state index contributed by atoms with van der Waals surface area (Å²) in [6, 6.07) is 10.8. The molecule has 1 aliphatic rings. The van der Waals surface area contributed by atoms with Crippen LogP contribution in [0.1, 0.15) is 17.5 Å². The van der Waals surface area contributed by atoms with Gasteiger partial charge in [0.2, 0.25) is 0 Å². The maximum absolute atomic E-state index is 12.5. The first kappa shape index (κ1) is 14.7. The predicted molar refractivity (Wildman–Crippen MR) is 87.3 cm³/mol. The number of aryl methyl sites for hydroxylation is 1. The summed E-state index contributed by atoms with van der Waals surface area (Å²) in [6.07, 6.45) is 4.23. The van der Waals surface area contributed by atoms with E-state index in [1.54, 1.807) is 18.2 Å². The van der Waals surface area contributed by atoms with Gasteiger partial charge in [-0.15, -0.1) is 5.10 Å². The first-order valence-corrected chi connectivity index (χ1v) is 8.79. The van der Waals surface area contributed by atoms with Crippen molar-refractivity contribution in [3.63, 3.8) is 0 Å². The third-order valence-corrected chi connectivity index (χ3v) is 5.19. The highest BCUT2D eigenvalue weighted by atomic mass is 32.2. The smallest absolute Gasteiger partial charge is 0.330 e. The molecule has 0 saturated heterocycles. The molecule has 0 radical (unpaired) electrons. The Balaban J connectivity index is 1.59. The zero-order chi connectivity index (χ0) is 16.6. The number of hydrogen-bond donors (Lipinski definition) is 1. The summed E-state index contributed by atoms with van der Waals surface area (Å²) in [7, 11) is -3.75. The van der Waals surface area contributed by atoms with Crippen molar-refractivity contribution in [2.75, 3.05) is 4.72 Å². The van der Waals surface area contributed by atoms with E-state index in [2.05, 4.69) is 14.9 Å². The quantitative estimate of drug-likeness (QED) is 0.782. The minimum atomic E-state index is -3.75. The Bertz CT molecular complexity index is 1000. The minimum Gasteiger partial charge on any atom is -0.459 e. The molecule has 4 rings (SSSR count). The fourth-order valence-electron chi connectivity index (χ4n) is 2.56. The van der Waals surface area contributed by atoms with Gasteiger partial charge in [-0.2, -0.15) is 0 Å². The van der Waals surface area contributed by atoms with Gasteiger partial charge in [-0.1, -0.05) is 29.4 Å². The van der Waals surface area contributed by atoms with E-state index in [1.807, 2.05) is 24.3 Å². The number of sulfonamides is 1. The van der Waals surface area contributed by atoms with Crippen molar-refractivity contribution in [1.29, 1.82) is 0 Å². The van der Waals surface area contributed by atoms with Gasteiger partial charge >= 0.3 is 6.01 Å². The molecular formula is C16H13N3O4S. The fraction of sp³-hybridized carbons (Fsp3) is 0.125. The Kier molecular flexibility index (Phi) is 3.46. The standard InChI is InChI=1S/C16H13N3O4S/c20-24(21,13-8-7-11-4-1-2-5-12(11)10-13)19-16-18-17-15(23-16)14-6-3-9-22-14/h1-6,9-10H,7-8H2,(H,18,19). The van der Waals surface area contributed by atoms with Crippen molar-refractivity contribution in [3.05, 3.63) is 58.7 Å². The lowest BCUT2D eigenvalue weighted by Crippen LogP contribution is -2.17. The second-order valence-corrected chi connectivity index (χ2v) is 7.04. The van der Waals surface area contributed by atoms with E-state index in [1.165, 1.54) is 6.26 Å². The fourth-order valence-corrected chi connectivity index (χ4v) is 3.66. The molecule has 0 spiro atoms. The van der Waals surface area contributed by atoms with Crippen molar-refractivity contribution < 1.29 is 17.3 Å². The number of fused-ring (bicyclic) bond motifs is 1. The van der Waals surface area contributed by atoms with Gasteiger partial charge in [-0.3, -0.25) is 0 Å². The molecule has 0 unspecified atom stereocenters. The summed E-state index contributed by atoms with van der Waals surface area (Å²) >= 11 is 0. The van der Waals surface area contributed by atoms with Gasteiger partial charge in [0.05, 0.1) is 11.2 Å². The SMILES string of the molecule is O=S(=O)(Nc1nnc(-c2ccco2)o1)C1=Cc2ccccc2CC1. The van der Waals surface area contributed by atoms with Crippen LogP contribution in [0.2, 0.25) is 0 Å². The summed E-state index contributed by atoms with van der Waals surface area (Å²) < 4.78 is 37.8. The van der Waals surface area contributed by atoms with Crippen LogP contribution in [0.15, 0.2) is 56.4 Å². The summed E-state index contributed by atoms with van der Waals surface area (Å²) in [5, 5.41) is 7.47. The van der Waals surface area contributed by atoms with E-state index in [-0.39, 0.29) is 11.9 Å². The van der Waals surface area contributed by atoms with Crippen LogP contribution in [0, 0.1) is 0 Å². The Morgan fingerprint density at radius 2 is 1.92 bits per heavy atom. The number of nitrogens with zero attached hydrogens (tertiary/aromatic N) is 2. The number of allylic oxidation sites excluding steroid dienone is 1. The van der Waals surface area contributed by atoms with Crippen LogP contribution >= 0.6 is 0 Å². The molecule has 1 aromatic carbocycles. The molecule has 0 fully saturated rings. The lowest BCUT2D eigenvalue weighted by atomic mass is 9.98. The highest BCUT2D eigenvalue weighted by Gasteiger charge is 2.24. The largest absolute Gasteiger partial charge is 0.459 e. The van der Waals surface area contributed by atoms with Crippen LogP contribution in [0.5, 0.6) is 0 Å². The molecule has 8 heteroatoms. The van der Waals surface area contributed by atoms with E-state index in [9.17, 15) is 8.42 Å². The molecule has 1 N–H and O–H groups in total. The molecule has 0 saturated carbocycles. The molecule has 2 aromatic heterocycles. The van der Waals surface area contributed by atoms with Gasteiger partial charge in [0.15, 0.2) is 5.76 Å². The Morgan fingerprint density at radius 1 is 1.04 bits per heavy atom. The van der Waals surface area contributed by atoms with E-state index >= 15 is 0 Å². The molecule has 0 aliphatic heterocycles. The summed E-state index contributed by atoms with van der Waals surface area (Å²) in [4.78, 5) is 0.291. The monoisotopic (exact) mass is 343 g/mol. The van der Waals surface area contributed by atoms with Crippen molar-refractivity contribution in [1.82, 2.24) is 10.2 Å². The zero-order valence-electron chi connectivity index (χ0n) is 12.5. The zero-order valence-corrected chi connectivity index (χ0v) is 13.3. The van der Waals surface area contributed by atoms with Gasteiger partial charge in [0.25, 0.3) is 15.9 Å². The maximum Gasteiger partial charge on any atom is 0.330 e. The molecule has 0 amide bonds. The Hall–Kier alpha value is -2.87. The predicted octanol–water partition coefficient (Wildman–Crippen LogP) is 3.06. The van der Waals surface area contributed by atoms with Gasteiger partial charge in [0, 0.05) is 0 Å². The van der Waals surface area contributed by atoms with E-state index in [0.717, 1.165) is 11.1 Å². The summed E-state index contributed by atoms with van der Waals surface area (Å²) in [6.45, 7) is 0. The number of furan rings is 1. The lowest BCUT2D eigenvalue weighted by molar-refractivity contribution is 0.524. The normalized spacial score (nSPS) is 14.1. The van der Waals surface area contributed by atoms with Crippen LogP contribution in [0.25, 0.3) is 17.7 Å². The summed E-state index contributed by atoms with van der Waals surface area (Å²) in [5.74, 6) is 0.486. The Morgan fingerprint density at radius 3 is 2.75 bits per heavy atom. The number of nitrogens with one attached hydrogen (secondary N) is 1. The van der Waals surface area contributed by atoms with Crippen molar-refractivity contribution in [3.8, 4) is 11.7 Å². The molecule has 1 aliphatic carbocycles. The third-order valence-electron chi connectivity index (χ3n) is 3.74. The molecule has 122 valence electrons. The van der Waals surface area contributed by atoms with Crippen molar-refractivity contribution in [2.45, 2.75) is 12.8 Å². The second-order valence-electron chi connectivity index (χ2n) is 5.30. The number of rotatable bonds is 4. The molecule has 3 aromatic rings. The van der Waals surface area contributed by atoms with Crippen LogP contribution in [-0.4, -0.2) is 18.6 Å². The van der Waals surface area contributed by atoms with Crippen molar-refractivity contribution in [2.24, 2.45) is 0 Å². The lowest BCUT2D eigenvalue weighted by Gasteiger charge is -2.16. The highest BCUT2D eigenvalue weighted by molar-refractivity contribution is 7.96. The van der Waals surface area contributed by atoms with Gasteiger partial charge in [0.1, 0.15) is 0 Å². The highest BCUT2D eigenvalue weighted by Crippen LogP contribution is 2.28. The van der Waals surface area contributed by atoms with Gasteiger partial charge < -0.3 is 8.83 Å². The van der Waals surface area contributed by atoms with Crippen molar-refractivity contribution >= 4 is 22.1 Å². The average molecular weight is 343 g/mol. The van der Waals surface area contributed by atoms with E-state index < -0.39 is 10.0 Å². The molecule has 7 nitrogen and oxygen atoms in total. The molecule has 0 bridgehead atoms. The van der Waals surface area contributed by atoms with E-state index in [4.69, 9.17) is 8.83 Å². The van der Waals surface area contributed by atoms with Crippen LogP contribution < -0.4 is 4.72 Å². The van der Waals surface area contributed by atoms with Crippen LogP contribution in [0.3, 0.4) is 0 Å². The third kappa shape index (κ3) is 2.71. The minimum absolute atomic E-state index is 0.112. The molecule has 24 heavy (non-hydrogen) atoms. The van der Waals surface area contributed by atoms with Gasteiger partial charge in [-0.25, -0.2) is 13.1 Å². The average Bonchev–Trinajstić information content (AvgIpc) is 3.25. The first-order chi connectivity index (χ1) is 11.6. The first-order valence-electron chi connectivity index (χ1n) is 7.30.